The van der Waals surface area contributed by atoms with Gasteiger partial charge in [0.25, 0.3) is 0 Å². The maximum absolute atomic E-state index is 5.94. The van der Waals surface area contributed by atoms with Crippen molar-refractivity contribution in [2.75, 3.05) is 11.9 Å². The third-order valence-corrected chi connectivity index (χ3v) is 2.85. The van der Waals surface area contributed by atoms with Crippen LogP contribution >= 0.6 is 23.2 Å². The molecule has 0 saturated heterocycles. The summed E-state index contributed by atoms with van der Waals surface area (Å²) in [5, 5.41) is 1.25. The smallest absolute Gasteiger partial charge is 0.131 e. The zero-order chi connectivity index (χ0) is 12.3. The van der Waals surface area contributed by atoms with Gasteiger partial charge in [-0.15, -0.1) is 0 Å². The Balaban J connectivity index is 2.14. The Morgan fingerprint density at radius 3 is 2.59 bits per heavy atom. The Bertz CT molecular complexity index is 514. The van der Waals surface area contributed by atoms with Crippen LogP contribution in [0, 0.1) is 0 Å². The van der Waals surface area contributed by atoms with Gasteiger partial charge in [0.2, 0.25) is 0 Å². The molecule has 0 aliphatic rings. The van der Waals surface area contributed by atoms with Crippen LogP contribution in [0.3, 0.4) is 0 Å². The maximum Gasteiger partial charge on any atom is 0.131 e. The Labute approximate surface area is 111 Å². The standard InChI is InChI=1S/C13H12Cl2N2/c1-17(13-7-3-6-12(15)16-13)9-10-4-2-5-11(14)8-10/h2-8H,9H2,1H3. The predicted octanol–water partition coefficient (Wildman–Crippen LogP) is 4.02. The SMILES string of the molecule is CN(Cc1cccc(Cl)c1)c1cccc(Cl)n1. The van der Waals surface area contributed by atoms with Crippen molar-refractivity contribution in [1.82, 2.24) is 4.98 Å². The molecule has 0 aliphatic heterocycles. The molecule has 0 N–H and O–H groups in total. The normalized spacial score (nSPS) is 10.3. The number of hydrogen-bond donors (Lipinski definition) is 0. The minimum atomic E-state index is 0.500. The third kappa shape index (κ3) is 3.35. The molecule has 4 heteroatoms. The fraction of sp³-hybridized carbons (Fsp3) is 0.154. The summed E-state index contributed by atoms with van der Waals surface area (Å²) < 4.78 is 0. The van der Waals surface area contributed by atoms with Crippen molar-refractivity contribution in [3.05, 3.63) is 58.2 Å². The van der Waals surface area contributed by atoms with Crippen LogP contribution in [0.25, 0.3) is 0 Å². The fourth-order valence-electron chi connectivity index (χ4n) is 1.60. The Morgan fingerprint density at radius 2 is 1.88 bits per heavy atom. The molecular weight excluding hydrogens is 255 g/mol. The molecule has 2 rings (SSSR count). The van der Waals surface area contributed by atoms with E-state index in [4.69, 9.17) is 23.2 Å². The predicted molar refractivity (Wildman–Crippen MR) is 72.8 cm³/mol. The van der Waals surface area contributed by atoms with E-state index < -0.39 is 0 Å². The molecular formula is C13H12Cl2N2. The molecule has 0 fully saturated rings. The third-order valence-electron chi connectivity index (χ3n) is 2.40. The second-order valence-corrected chi connectivity index (χ2v) is 4.63. The van der Waals surface area contributed by atoms with Crippen molar-refractivity contribution < 1.29 is 0 Å². The van der Waals surface area contributed by atoms with E-state index in [0.29, 0.717) is 5.15 Å². The summed E-state index contributed by atoms with van der Waals surface area (Å²) in [4.78, 5) is 6.28. The second kappa shape index (κ2) is 5.39. The average Bonchev–Trinajstić information content (AvgIpc) is 2.29. The Hall–Kier alpha value is -1.25. The van der Waals surface area contributed by atoms with E-state index in [1.165, 1.54) is 0 Å². The topological polar surface area (TPSA) is 16.1 Å². The molecule has 1 aromatic carbocycles. The summed E-state index contributed by atoms with van der Waals surface area (Å²) in [6.07, 6.45) is 0. The van der Waals surface area contributed by atoms with Gasteiger partial charge in [-0.25, -0.2) is 4.98 Å². The van der Waals surface area contributed by atoms with E-state index in [-0.39, 0.29) is 0 Å². The van der Waals surface area contributed by atoms with Crippen LogP contribution in [0.15, 0.2) is 42.5 Å². The molecule has 0 bridgehead atoms. The minimum absolute atomic E-state index is 0.500. The molecule has 0 unspecified atom stereocenters. The molecule has 88 valence electrons. The molecule has 2 aromatic rings. The molecule has 0 atom stereocenters. The number of aromatic nitrogens is 1. The first-order valence-corrected chi connectivity index (χ1v) is 5.99. The van der Waals surface area contributed by atoms with Gasteiger partial charge >= 0.3 is 0 Å². The van der Waals surface area contributed by atoms with Crippen LogP contribution in [0.2, 0.25) is 10.2 Å². The molecule has 0 aliphatic carbocycles. The largest absolute Gasteiger partial charge is 0.355 e. The summed E-state index contributed by atoms with van der Waals surface area (Å²) in [5.41, 5.74) is 1.14. The highest BCUT2D eigenvalue weighted by Crippen LogP contribution is 2.17. The lowest BCUT2D eigenvalue weighted by molar-refractivity contribution is 0.898. The van der Waals surface area contributed by atoms with Crippen molar-refractivity contribution in [3.8, 4) is 0 Å². The van der Waals surface area contributed by atoms with Crippen molar-refractivity contribution in [2.24, 2.45) is 0 Å². The number of nitrogens with zero attached hydrogens (tertiary/aromatic N) is 2. The van der Waals surface area contributed by atoms with E-state index in [1.807, 2.05) is 48.3 Å². The van der Waals surface area contributed by atoms with Gasteiger partial charge in [-0.3, -0.25) is 0 Å². The van der Waals surface area contributed by atoms with Gasteiger partial charge in [-0.1, -0.05) is 41.4 Å². The number of halogens is 2. The van der Waals surface area contributed by atoms with Gasteiger partial charge in [0.05, 0.1) is 0 Å². The number of benzene rings is 1. The van der Waals surface area contributed by atoms with Crippen LogP contribution in [-0.2, 0) is 6.54 Å². The quantitative estimate of drug-likeness (QED) is 0.780. The Kier molecular flexibility index (Phi) is 3.87. The zero-order valence-electron chi connectivity index (χ0n) is 9.40. The second-order valence-electron chi connectivity index (χ2n) is 3.80. The first-order valence-electron chi connectivity index (χ1n) is 5.23. The van der Waals surface area contributed by atoms with Crippen molar-refractivity contribution in [2.45, 2.75) is 6.54 Å². The lowest BCUT2D eigenvalue weighted by atomic mass is 10.2. The Morgan fingerprint density at radius 1 is 1.12 bits per heavy atom. The van der Waals surface area contributed by atoms with E-state index in [0.717, 1.165) is 22.9 Å². The summed E-state index contributed by atoms with van der Waals surface area (Å²) in [6.45, 7) is 0.744. The molecule has 0 radical (unpaired) electrons. The van der Waals surface area contributed by atoms with Crippen LogP contribution in [0.4, 0.5) is 5.82 Å². The first-order chi connectivity index (χ1) is 8.15. The van der Waals surface area contributed by atoms with E-state index in [2.05, 4.69) is 4.98 Å². The molecule has 0 amide bonds. The molecule has 17 heavy (non-hydrogen) atoms. The highest BCUT2D eigenvalue weighted by Gasteiger charge is 2.04. The highest BCUT2D eigenvalue weighted by atomic mass is 35.5. The number of pyridine rings is 1. The lowest BCUT2D eigenvalue weighted by Crippen LogP contribution is -2.17. The van der Waals surface area contributed by atoms with E-state index >= 15 is 0 Å². The summed E-state index contributed by atoms with van der Waals surface area (Å²) in [7, 11) is 1.97. The molecule has 2 nitrogen and oxygen atoms in total. The first kappa shape index (κ1) is 12.2. The van der Waals surface area contributed by atoms with Crippen LogP contribution in [0.1, 0.15) is 5.56 Å². The maximum atomic E-state index is 5.94. The highest BCUT2D eigenvalue weighted by molar-refractivity contribution is 6.30. The van der Waals surface area contributed by atoms with Crippen molar-refractivity contribution in [3.63, 3.8) is 0 Å². The minimum Gasteiger partial charge on any atom is -0.355 e. The van der Waals surface area contributed by atoms with Gasteiger partial charge in [0, 0.05) is 18.6 Å². The van der Waals surface area contributed by atoms with Crippen molar-refractivity contribution >= 4 is 29.0 Å². The number of rotatable bonds is 3. The fourth-order valence-corrected chi connectivity index (χ4v) is 1.97. The van der Waals surface area contributed by atoms with Gasteiger partial charge < -0.3 is 4.90 Å². The number of anilines is 1. The summed E-state index contributed by atoms with van der Waals surface area (Å²) in [6, 6.07) is 13.4. The molecule has 1 heterocycles. The zero-order valence-corrected chi connectivity index (χ0v) is 10.9. The van der Waals surface area contributed by atoms with Crippen LogP contribution < -0.4 is 4.90 Å². The van der Waals surface area contributed by atoms with E-state index in [9.17, 15) is 0 Å². The monoisotopic (exact) mass is 266 g/mol. The average molecular weight is 267 g/mol. The van der Waals surface area contributed by atoms with Gasteiger partial charge in [0.15, 0.2) is 0 Å². The van der Waals surface area contributed by atoms with Crippen molar-refractivity contribution in [1.29, 1.82) is 0 Å². The van der Waals surface area contributed by atoms with Crippen LogP contribution in [-0.4, -0.2) is 12.0 Å². The van der Waals surface area contributed by atoms with E-state index in [1.54, 1.807) is 6.07 Å². The summed E-state index contributed by atoms with van der Waals surface area (Å²) >= 11 is 11.8. The molecule has 1 aromatic heterocycles. The van der Waals surface area contributed by atoms with Gasteiger partial charge in [-0.05, 0) is 29.8 Å². The van der Waals surface area contributed by atoms with Gasteiger partial charge in [-0.2, -0.15) is 0 Å². The number of hydrogen-bond acceptors (Lipinski definition) is 2. The summed E-state index contributed by atoms with van der Waals surface area (Å²) in [5.74, 6) is 0.845. The molecule has 0 spiro atoms. The lowest BCUT2D eigenvalue weighted by Gasteiger charge is -2.18. The molecule has 0 saturated carbocycles. The van der Waals surface area contributed by atoms with Gasteiger partial charge in [0.1, 0.15) is 11.0 Å². The van der Waals surface area contributed by atoms with Crippen LogP contribution in [0.5, 0.6) is 0 Å².